The van der Waals surface area contributed by atoms with E-state index in [1.54, 1.807) is 42.6 Å². The van der Waals surface area contributed by atoms with Crippen LogP contribution in [0.2, 0.25) is 0 Å². The standard InChI is InChI=1S/C20H20N4O2/c21-13-14-5-3-6-15(11-14)19(25)23-17-8-4-7-16(12-17)20(26)24-18-9-1-2-10-22-18/h1-3,5-6,9-11,16-17H,4,7-8,12H2,(H,23,25)(H,22,24,26)/t16-,17-/m1/s1. The molecule has 2 amide bonds. The quantitative estimate of drug-likeness (QED) is 0.888. The summed E-state index contributed by atoms with van der Waals surface area (Å²) < 4.78 is 0. The van der Waals surface area contributed by atoms with Crippen LogP contribution < -0.4 is 10.6 Å². The number of hydrogen-bond acceptors (Lipinski definition) is 4. The molecule has 1 aromatic carbocycles. The molecule has 0 aliphatic heterocycles. The fraction of sp³-hybridized carbons (Fsp3) is 0.300. The third-order valence-corrected chi connectivity index (χ3v) is 4.55. The highest BCUT2D eigenvalue weighted by atomic mass is 16.2. The number of carbonyl (C=O) groups excluding carboxylic acids is 2. The van der Waals surface area contributed by atoms with Gasteiger partial charge < -0.3 is 10.6 Å². The number of pyridine rings is 1. The van der Waals surface area contributed by atoms with Crippen molar-refractivity contribution < 1.29 is 9.59 Å². The smallest absolute Gasteiger partial charge is 0.251 e. The molecule has 1 aliphatic rings. The van der Waals surface area contributed by atoms with Gasteiger partial charge in [-0.15, -0.1) is 0 Å². The average molecular weight is 348 g/mol. The number of anilines is 1. The van der Waals surface area contributed by atoms with Gasteiger partial charge in [-0.2, -0.15) is 5.26 Å². The molecule has 1 heterocycles. The predicted octanol–water partition coefficient (Wildman–Crippen LogP) is 2.88. The summed E-state index contributed by atoms with van der Waals surface area (Å²) in [6.45, 7) is 0. The number of aromatic nitrogens is 1. The number of rotatable bonds is 4. The summed E-state index contributed by atoms with van der Waals surface area (Å²) in [7, 11) is 0. The molecular formula is C20H20N4O2. The molecule has 0 spiro atoms. The summed E-state index contributed by atoms with van der Waals surface area (Å²) in [4.78, 5) is 29.0. The van der Waals surface area contributed by atoms with Gasteiger partial charge >= 0.3 is 0 Å². The normalized spacial score (nSPS) is 19.2. The molecule has 1 fully saturated rings. The molecular weight excluding hydrogens is 328 g/mol. The van der Waals surface area contributed by atoms with Crippen LogP contribution in [0.1, 0.15) is 41.6 Å². The van der Waals surface area contributed by atoms with Crippen LogP contribution in [0.4, 0.5) is 5.82 Å². The molecule has 0 radical (unpaired) electrons. The van der Waals surface area contributed by atoms with Crippen molar-refractivity contribution in [2.45, 2.75) is 31.7 Å². The largest absolute Gasteiger partial charge is 0.349 e. The van der Waals surface area contributed by atoms with Crippen molar-refractivity contribution in [2.24, 2.45) is 5.92 Å². The van der Waals surface area contributed by atoms with E-state index in [9.17, 15) is 9.59 Å². The lowest BCUT2D eigenvalue weighted by Gasteiger charge is -2.29. The van der Waals surface area contributed by atoms with Crippen molar-refractivity contribution >= 4 is 17.6 Å². The number of nitrogens with one attached hydrogen (secondary N) is 2. The van der Waals surface area contributed by atoms with Crippen LogP contribution in [0.3, 0.4) is 0 Å². The van der Waals surface area contributed by atoms with Crippen LogP contribution in [0.15, 0.2) is 48.7 Å². The molecule has 3 rings (SSSR count). The van der Waals surface area contributed by atoms with E-state index < -0.39 is 0 Å². The molecule has 132 valence electrons. The second-order valence-corrected chi connectivity index (χ2v) is 6.43. The first-order chi connectivity index (χ1) is 12.7. The highest BCUT2D eigenvalue weighted by molar-refractivity contribution is 5.95. The third-order valence-electron chi connectivity index (χ3n) is 4.55. The first kappa shape index (κ1) is 17.6. The van der Waals surface area contributed by atoms with Gasteiger partial charge in [0.15, 0.2) is 0 Å². The summed E-state index contributed by atoms with van der Waals surface area (Å²) in [5.41, 5.74) is 0.915. The molecule has 6 nitrogen and oxygen atoms in total. The van der Waals surface area contributed by atoms with Gasteiger partial charge in [0.05, 0.1) is 11.6 Å². The molecule has 1 saturated carbocycles. The summed E-state index contributed by atoms with van der Waals surface area (Å²) in [5, 5.41) is 14.8. The Labute approximate surface area is 152 Å². The maximum absolute atomic E-state index is 12.5. The Kier molecular flexibility index (Phi) is 5.59. The van der Waals surface area contributed by atoms with Crippen LogP contribution in [-0.4, -0.2) is 22.8 Å². The number of hydrogen-bond donors (Lipinski definition) is 2. The van der Waals surface area contributed by atoms with Gasteiger partial charge in [-0.1, -0.05) is 18.6 Å². The number of amides is 2. The van der Waals surface area contributed by atoms with Crippen LogP contribution in [0.25, 0.3) is 0 Å². The molecule has 2 aromatic rings. The van der Waals surface area contributed by atoms with Gasteiger partial charge in [0.1, 0.15) is 5.82 Å². The maximum atomic E-state index is 12.5. The predicted molar refractivity (Wildman–Crippen MR) is 97.2 cm³/mol. The molecule has 2 N–H and O–H groups in total. The topological polar surface area (TPSA) is 94.9 Å². The lowest BCUT2D eigenvalue weighted by Crippen LogP contribution is -2.41. The van der Waals surface area contributed by atoms with E-state index in [2.05, 4.69) is 15.6 Å². The SMILES string of the molecule is N#Cc1cccc(C(=O)N[C@@H]2CCC[C@@H](C(=O)Nc3ccccn3)C2)c1. The highest BCUT2D eigenvalue weighted by Gasteiger charge is 2.28. The molecule has 0 unspecified atom stereocenters. The molecule has 0 bridgehead atoms. The van der Waals surface area contributed by atoms with Gasteiger partial charge in [-0.05, 0) is 49.6 Å². The van der Waals surface area contributed by atoms with Gasteiger partial charge in [0.2, 0.25) is 5.91 Å². The average Bonchev–Trinajstić information content (AvgIpc) is 2.69. The third kappa shape index (κ3) is 4.45. The van der Waals surface area contributed by atoms with Crippen molar-refractivity contribution in [3.8, 4) is 6.07 Å². The van der Waals surface area contributed by atoms with Crippen molar-refractivity contribution in [3.05, 3.63) is 59.8 Å². The monoisotopic (exact) mass is 348 g/mol. The van der Waals surface area contributed by atoms with E-state index in [4.69, 9.17) is 5.26 Å². The van der Waals surface area contributed by atoms with Gasteiger partial charge in [-0.25, -0.2) is 4.98 Å². The molecule has 26 heavy (non-hydrogen) atoms. The Morgan fingerprint density at radius 2 is 2.04 bits per heavy atom. The lowest BCUT2D eigenvalue weighted by molar-refractivity contribution is -0.121. The molecule has 0 saturated heterocycles. The van der Waals surface area contributed by atoms with Crippen molar-refractivity contribution in [3.63, 3.8) is 0 Å². The number of nitrogens with zero attached hydrogens (tertiary/aromatic N) is 2. The van der Waals surface area contributed by atoms with Crippen LogP contribution >= 0.6 is 0 Å². The lowest BCUT2D eigenvalue weighted by atomic mass is 9.85. The fourth-order valence-electron chi connectivity index (χ4n) is 3.22. The first-order valence-electron chi connectivity index (χ1n) is 8.68. The molecule has 1 aliphatic carbocycles. The summed E-state index contributed by atoms with van der Waals surface area (Å²) >= 11 is 0. The van der Waals surface area contributed by atoms with Gasteiger partial charge in [0, 0.05) is 23.7 Å². The molecule has 2 atom stereocenters. The zero-order valence-electron chi connectivity index (χ0n) is 14.3. The first-order valence-corrected chi connectivity index (χ1v) is 8.68. The Morgan fingerprint density at radius 3 is 2.81 bits per heavy atom. The van der Waals surface area contributed by atoms with Gasteiger partial charge in [0.25, 0.3) is 5.91 Å². The second kappa shape index (κ2) is 8.26. The van der Waals surface area contributed by atoms with E-state index in [-0.39, 0.29) is 23.8 Å². The highest BCUT2D eigenvalue weighted by Crippen LogP contribution is 2.25. The van der Waals surface area contributed by atoms with Crippen LogP contribution in [0, 0.1) is 17.2 Å². The van der Waals surface area contributed by atoms with Crippen molar-refractivity contribution in [2.75, 3.05) is 5.32 Å². The van der Waals surface area contributed by atoms with E-state index in [1.165, 1.54) is 0 Å². The van der Waals surface area contributed by atoms with Crippen LogP contribution in [0.5, 0.6) is 0 Å². The zero-order valence-corrected chi connectivity index (χ0v) is 14.3. The Bertz CT molecular complexity index is 829. The van der Waals surface area contributed by atoms with Gasteiger partial charge in [-0.3, -0.25) is 9.59 Å². The minimum atomic E-state index is -0.210. The number of nitriles is 1. The molecule has 6 heteroatoms. The Morgan fingerprint density at radius 1 is 1.15 bits per heavy atom. The fourth-order valence-corrected chi connectivity index (χ4v) is 3.22. The summed E-state index contributed by atoms with van der Waals surface area (Å²) in [6, 6.07) is 14.0. The van der Waals surface area contributed by atoms with E-state index in [1.807, 2.05) is 12.1 Å². The minimum Gasteiger partial charge on any atom is -0.349 e. The van der Waals surface area contributed by atoms with E-state index in [0.717, 1.165) is 19.3 Å². The van der Waals surface area contributed by atoms with Crippen LogP contribution in [-0.2, 0) is 4.79 Å². The number of benzene rings is 1. The summed E-state index contributed by atoms with van der Waals surface area (Å²) in [5.74, 6) is 0.116. The van der Waals surface area contributed by atoms with E-state index in [0.29, 0.717) is 23.4 Å². The Balaban J connectivity index is 1.58. The summed E-state index contributed by atoms with van der Waals surface area (Å²) in [6.07, 6.45) is 4.76. The van der Waals surface area contributed by atoms with Crippen molar-refractivity contribution in [1.82, 2.24) is 10.3 Å². The maximum Gasteiger partial charge on any atom is 0.251 e. The minimum absolute atomic E-state index is 0.0542. The second-order valence-electron chi connectivity index (χ2n) is 6.43. The number of carbonyl (C=O) groups is 2. The van der Waals surface area contributed by atoms with E-state index >= 15 is 0 Å². The Hall–Kier alpha value is -3.20. The molecule has 1 aromatic heterocycles. The zero-order chi connectivity index (χ0) is 18.4. The van der Waals surface area contributed by atoms with Crippen molar-refractivity contribution in [1.29, 1.82) is 5.26 Å².